The van der Waals surface area contributed by atoms with Crippen molar-refractivity contribution >= 4 is 38.9 Å². The van der Waals surface area contributed by atoms with E-state index >= 15 is 0 Å². The molecule has 1 atom stereocenters. The third kappa shape index (κ3) is 4.09. The molecule has 2 heterocycles. The lowest BCUT2D eigenvalue weighted by Crippen LogP contribution is -2.61. The number of ether oxygens (including phenoxy) is 2. The van der Waals surface area contributed by atoms with Gasteiger partial charge < -0.3 is 14.6 Å². The highest BCUT2D eigenvalue weighted by Gasteiger charge is 2.48. The molecule has 1 aromatic carbocycles. The molecule has 0 amide bonds. The number of aliphatic carboxylic acids is 1. The van der Waals surface area contributed by atoms with Crippen molar-refractivity contribution in [3.8, 4) is 5.75 Å². The molecule has 0 spiro atoms. The van der Waals surface area contributed by atoms with E-state index in [-0.39, 0.29) is 31.3 Å². The summed E-state index contributed by atoms with van der Waals surface area (Å²) in [7, 11) is -4.00. The van der Waals surface area contributed by atoms with Gasteiger partial charge in [-0.3, -0.25) is 4.79 Å². The Labute approximate surface area is 165 Å². The van der Waals surface area contributed by atoms with E-state index in [0.717, 1.165) is 9.18 Å². The van der Waals surface area contributed by atoms with Crippen LogP contribution >= 0.6 is 22.9 Å². The number of carboxylic acids is 1. The first-order valence-corrected chi connectivity index (χ1v) is 10.5. The van der Waals surface area contributed by atoms with Crippen LogP contribution in [0.3, 0.4) is 0 Å². The van der Waals surface area contributed by atoms with Gasteiger partial charge >= 0.3 is 5.97 Å². The van der Waals surface area contributed by atoms with Gasteiger partial charge in [0.05, 0.1) is 23.0 Å². The van der Waals surface area contributed by atoms with Gasteiger partial charge in [0.25, 0.3) is 0 Å². The Balaban J connectivity index is 1.77. The number of hydrogen-bond donors (Lipinski definition) is 1. The Kier molecular flexibility index (Phi) is 5.73. The van der Waals surface area contributed by atoms with Crippen LogP contribution in [0.5, 0.6) is 5.75 Å². The van der Waals surface area contributed by atoms with Crippen molar-refractivity contribution in [2.24, 2.45) is 0 Å². The Morgan fingerprint density at radius 1 is 1.44 bits per heavy atom. The quantitative estimate of drug-likeness (QED) is 0.745. The SMILES string of the molecule is C[C@]1(C(=O)O)COCCN1S(=O)(=O)c1ccc(OCc2cnc(Cl)s2)cc1. The Morgan fingerprint density at radius 2 is 2.15 bits per heavy atom. The molecule has 0 saturated carbocycles. The lowest BCUT2D eigenvalue weighted by atomic mass is 10.0. The number of rotatable bonds is 6. The van der Waals surface area contributed by atoms with Crippen LogP contribution in [-0.2, 0) is 26.2 Å². The summed E-state index contributed by atoms with van der Waals surface area (Å²) in [5, 5.41) is 9.48. The van der Waals surface area contributed by atoms with Crippen molar-refractivity contribution in [2.75, 3.05) is 19.8 Å². The Bertz CT molecular complexity index is 931. The van der Waals surface area contributed by atoms with E-state index < -0.39 is 21.5 Å². The molecule has 8 nitrogen and oxygen atoms in total. The summed E-state index contributed by atoms with van der Waals surface area (Å²) in [6, 6.07) is 5.83. The number of thiazole rings is 1. The van der Waals surface area contributed by atoms with Crippen LogP contribution in [0.25, 0.3) is 0 Å². The Hall–Kier alpha value is -1.72. The molecular weight excluding hydrogens is 416 g/mol. The van der Waals surface area contributed by atoms with Gasteiger partial charge in [-0.25, -0.2) is 13.4 Å². The van der Waals surface area contributed by atoms with Gasteiger partial charge in [0.1, 0.15) is 12.4 Å². The van der Waals surface area contributed by atoms with E-state index in [1.165, 1.54) is 42.5 Å². The summed E-state index contributed by atoms with van der Waals surface area (Å²) in [4.78, 5) is 16.4. The predicted molar refractivity (Wildman–Crippen MR) is 98.6 cm³/mol. The number of morpholine rings is 1. The van der Waals surface area contributed by atoms with E-state index in [2.05, 4.69) is 4.98 Å². The molecule has 2 aromatic rings. The van der Waals surface area contributed by atoms with E-state index in [4.69, 9.17) is 21.1 Å². The van der Waals surface area contributed by atoms with Gasteiger partial charge in [-0.15, -0.1) is 11.3 Å². The molecule has 1 fully saturated rings. The van der Waals surface area contributed by atoms with Crippen molar-refractivity contribution in [3.63, 3.8) is 0 Å². The lowest BCUT2D eigenvalue weighted by molar-refractivity contribution is -0.155. The second-order valence-corrected chi connectivity index (χ2v) is 9.61. The van der Waals surface area contributed by atoms with Crippen LogP contribution in [-0.4, -0.2) is 54.1 Å². The number of aromatic nitrogens is 1. The number of benzene rings is 1. The normalized spacial score (nSPS) is 21.1. The van der Waals surface area contributed by atoms with Crippen LogP contribution in [0.1, 0.15) is 11.8 Å². The predicted octanol–water partition coefficient (Wildman–Crippen LogP) is 2.24. The van der Waals surface area contributed by atoms with Gasteiger partial charge in [-0.1, -0.05) is 11.6 Å². The number of hydrogen-bond acceptors (Lipinski definition) is 7. The Morgan fingerprint density at radius 3 is 2.74 bits per heavy atom. The first kappa shape index (κ1) is 20.0. The number of nitrogens with zero attached hydrogens (tertiary/aromatic N) is 2. The molecule has 0 bridgehead atoms. The topological polar surface area (TPSA) is 106 Å². The standard InChI is InChI=1S/C16H17ClN2O6S2/c1-16(14(20)21)10-24-7-6-19(16)27(22,23)13-4-2-11(3-5-13)25-9-12-8-18-15(17)26-12/h2-5,8H,6-7,9-10H2,1H3,(H,20,21)/t16-/m1/s1. The zero-order valence-corrected chi connectivity index (χ0v) is 16.7. The number of halogens is 1. The molecule has 27 heavy (non-hydrogen) atoms. The molecule has 0 radical (unpaired) electrons. The highest BCUT2D eigenvalue weighted by Crippen LogP contribution is 2.29. The monoisotopic (exact) mass is 432 g/mol. The molecule has 1 aromatic heterocycles. The highest BCUT2D eigenvalue weighted by molar-refractivity contribution is 7.89. The minimum Gasteiger partial charge on any atom is -0.488 e. The summed E-state index contributed by atoms with van der Waals surface area (Å²) < 4.78 is 38.1. The maximum absolute atomic E-state index is 12.9. The maximum atomic E-state index is 12.9. The molecule has 146 valence electrons. The largest absolute Gasteiger partial charge is 0.488 e. The third-order valence-electron chi connectivity index (χ3n) is 4.15. The van der Waals surface area contributed by atoms with Crippen molar-refractivity contribution in [1.82, 2.24) is 9.29 Å². The molecule has 1 aliphatic rings. The molecule has 1 aliphatic heterocycles. The summed E-state index contributed by atoms with van der Waals surface area (Å²) >= 11 is 7.06. The van der Waals surface area contributed by atoms with Crippen LogP contribution in [0.4, 0.5) is 0 Å². The first-order chi connectivity index (χ1) is 12.7. The van der Waals surface area contributed by atoms with Crippen LogP contribution in [0, 0.1) is 0 Å². The van der Waals surface area contributed by atoms with E-state index in [1.807, 2.05) is 0 Å². The van der Waals surface area contributed by atoms with Crippen LogP contribution in [0.2, 0.25) is 4.47 Å². The lowest BCUT2D eigenvalue weighted by Gasteiger charge is -2.39. The fraction of sp³-hybridized carbons (Fsp3) is 0.375. The number of sulfonamides is 1. The second-order valence-electron chi connectivity index (χ2n) is 6.05. The molecule has 1 saturated heterocycles. The van der Waals surface area contributed by atoms with Crippen LogP contribution < -0.4 is 4.74 Å². The minimum atomic E-state index is -4.00. The third-order valence-corrected chi connectivity index (χ3v) is 7.27. The summed E-state index contributed by atoms with van der Waals surface area (Å²) in [5.74, 6) is -0.782. The van der Waals surface area contributed by atoms with Gasteiger partial charge in [0.2, 0.25) is 10.0 Å². The molecule has 0 aliphatic carbocycles. The maximum Gasteiger partial charge on any atom is 0.327 e. The summed E-state index contributed by atoms with van der Waals surface area (Å²) in [6.45, 7) is 1.50. The molecule has 11 heteroatoms. The van der Waals surface area contributed by atoms with Crippen molar-refractivity contribution in [1.29, 1.82) is 0 Å². The molecule has 0 unspecified atom stereocenters. The zero-order valence-electron chi connectivity index (χ0n) is 14.3. The zero-order chi connectivity index (χ0) is 19.7. The fourth-order valence-corrected chi connectivity index (χ4v) is 5.23. The molecular formula is C16H17ClN2O6S2. The molecule has 3 rings (SSSR count). The van der Waals surface area contributed by atoms with Crippen molar-refractivity contribution in [2.45, 2.75) is 24.0 Å². The van der Waals surface area contributed by atoms with E-state index in [9.17, 15) is 18.3 Å². The van der Waals surface area contributed by atoms with Gasteiger partial charge in [0.15, 0.2) is 10.0 Å². The average Bonchev–Trinajstić information content (AvgIpc) is 3.06. The molecule has 1 N–H and O–H groups in total. The van der Waals surface area contributed by atoms with Gasteiger partial charge in [-0.05, 0) is 31.2 Å². The summed E-state index contributed by atoms with van der Waals surface area (Å²) in [6.07, 6.45) is 1.61. The number of carboxylic acid groups (broad SMARTS) is 1. The second kappa shape index (κ2) is 7.72. The van der Waals surface area contributed by atoms with E-state index in [1.54, 1.807) is 6.20 Å². The minimum absolute atomic E-state index is 0.00920. The average molecular weight is 433 g/mol. The highest BCUT2D eigenvalue weighted by atomic mass is 35.5. The summed E-state index contributed by atoms with van der Waals surface area (Å²) in [5.41, 5.74) is -1.66. The fourth-order valence-electron chi connectivity index (χ4n) is 2.63. The van der Waals surface area contributed by atoms with Gasteiger partial charge in [0, 0.05) is 12.7 Å². The van der Waals surface area contributed by atoms with Crippen LogP contribution in [0.15, 0.2) is 35.4 Å². The van der Waals surface area contributed by atoms with E-state index in [0.29, 0.717) is 10.2 Å². The first-order valence-electron chi connectivity index (χ1n) is 7.90. The van der Waals surface area contributed by atoms with Gasteiger partial charge in [-0.2, -0.15) is 4.31 Å². The van der Waals surface area contributed by atoms with Crippen molar-refractivity contribution < 1.29 is 27.8 Å². The number of carbonyl (C=O) groups is 1. The van der Waals surface area contributed by atoms with Crippen molar-refractivity contribution in [3.05, 3.63) is 39.8 Å². The smallest absolute Gasteiger partial charge is 0.327 e.